The van der Waals surface area contributed by atoms with Crippen LogP contribution in [0.4, 0.5) is 11.8 Å². The fourth-order valence-corrected chi connectivity index (χ4v) is 2.21. The third-order valence-corrected chi connectivity index (χ3v) is 3.58. The fourth-order valence-electron chi connectivity index (χ4n) is 2.21. The van der Waals surface area contributed by atoms with Crippen LogP contribution >= 0.6 is 0 Å². The molecule has 0 atom stereocenters. The maximum absolute atomic E-state index is 4.54. The van der Waals surface area contributed by atoms with Crippen molar-refractivity contribution in [2.24, 2.45) is 5.92 Å². The maximum Gasteiger partial charge on any atom is 0.224 e. The molecule has 1 aromatic heterocycles. The van der Waals surface area contributed by atoms with Crippen LogP contribution in [0.25, 0.3) is 0 Å². The Morgan fingerprint density at radius 2 is 1.82 bits per heavy atom. The predicted molar refractivity (Wildman–Crippen MR) is 93.2 cm³/mol. The number of aryl methyl sites for hydroxylation is 2. The van der Waals surface area contributed by atoms with Crippen molar-refractivity contribution in [1.82, 2.24) is 9.97 Å². The summed E-state index contributed by atoms with van der Waals surface area (Å²) >= 11 is 0. The second-order valence-corrected chi connectivity index (χ2v) is 6.11. The van der Waals surface area contributed by atoms with Crippen molar-refractivity contribution >= 4 is 11.8 Å². The standard InChI is InChI=1S/C18H26N4/c1-13(2)9-10-19-18-21-15(4)11-17(22-18)20-12-16-8-6-5-7-14(16)3/h5-8,11,13H,9-10,12H2,1-4H3,(H2,19,20,21,22). The Balaban J connectivity index is 1.99. The molecule has 0 amide bonds. The van der Waals surface area contributed by atoms with Crippen LogP contribution in [0.3, 0.4) is 0 Å². The minimum Gasteiger partial charge on any atom is -0.366 e. The number of nitrogens with one attached hydrogen (secondary N) is 2. The topological polar surface area (TPSA) is 49.8 Å². The van der Waals surface area contributed by atoms with Gasteiger partial charge in [-0.25, -0.2) is 4.98 Å². The van der Waals surface area contributed by atoms with Crippen molar-refractivity contribution in [3.8, 4) is 0 Å². The molecular formula is C18H26N4. The molecule has 0 saturated heterocycles. The zero-order chi connectivity index (χ0) is 15.9. The number of benzene rings is 1. The monoisotopic (exact) mass is 298 g/mol. The Labute approximate surface area is 133 Å². The molecule has 0 aliphatic carbocycles. The van der Waals surface area contributed by atoms with Crippen LogP contribution in [0.1, 0.15) is 37.1 Å². The van der Waals surface area contributed by atoms with Gasteiger partial charge in [0.1, 0.15) is 5.82 Å². The summed E-state index contributed by atoms with van der Waals surface area (Å²) in [6, 6.07) is 10.4. The minimum atomic E-state index is 0.677. The predicted octanol–water partition coefficient (Wildman–Crippen LogP) is 4.16. The van der Waals surface area contributed by atoms with Crippen LogP contribution in [0.5, 0.6) is 0 Å². The summed E-state index contributed by atoms with van der Waals surface area (Å²) in [6.07, 6.45) is 1.11. The summed E-state index contributed by atoms with van der Waals surface area (Å²) in [5.41, 5.74) is 3.54. The summed E-state index contributed by atoms with van der Waals surface area (Å²) in [5, 5.41) is 6.70. The van der Waals surface area contributed by atoms with Gasteiger partial charge in [0.05, 0.1) is 0 Å². The molecule has 0 spiro atoms. The second-order valence-electron chi connectivity index (χ2n) is 6.11. The Morgan fingerprint density at radius 3 is 2.55 bits per heavy atom. The normalized spacial score (nSPS) is 10.8. The lowest BCUT2D eigenvalue weighted by molar-refractivity contribution is 0.606. The molecule has 0 radical (unpaired) electrons. The summed E-state index contributed by atoms with van der Waals surface area (Å²) in [4.78, 5) is 8.98. The van der Waals surface area contributed by atoms with Gasteiger partial charge in [0.2, 0.25) is 5.95 Å². The van der Waals surface area contributed by atoms with Crippen LogP contribution < -0.4 is 10.6 Å². The first-order chi connectivity index (χ1) is 10.5. The second kappa shape index (κ2) is 7.78. The first kappa shape index (κ1) is 16.3. The highest BCUT2D eigenvalue weighted by molar-refractivity contribution is 5.43. The van der Waals surface area contributed by atoms with Gasteiger partial charge >= 0.3 is 0 Å². The number of hydrogen-bond donors (Lipinski definition) is 2. The minimum absolute atomic E-state index is 0.677. The van der Waals surface area contributed by atoms with Gasteiger partial charge in [-0.15, -0.1) is 0 Å². The van der Waals surface area contributed by atoms with Crippen LogP contribution in [0, 0.1) is 19.8 Å². The van der Waals surface area contributed by atoms with Crippen molar-refractivity contribution in [1.29, 1.82) is 0 Å². The molecule has 0 aliphatic rings. The molecule has 0 bridgehead atoms. The summed E-state index contributed by atoms with van der Waals surface area (Å²) in [6.45, 7) is 10.2. The first-order valence-corrected chi connectivity index (χ1v) is 7.92. The van der Waals surface area contributed by atoms with Crippen molar-refractivity contribution in [3.63, 3.8) is 0 Å². The van der Waals surface area contributed by atoms with Crippen molar-refractivity contribution in [2.75, 3.05) is 17.2 Å². The summed E-state index contributed by atoms with van der Waals surface area (Å²) < 4.78 is 0. The molecule has 1 heterocycles. The van der Waals surface area contributed by atoms with E-state index in [-0.39, 0.29) is 0 Å². The maximum atomic E-state index is 4.54. The molecule has 118 valence electrons. The molecule has 22 heavy (non-hydrogen) atoms. The average Bonchev–Trinajstić information content (AvgIpc) is 2.45. The summed E-state index contributed by atoms with van der Waals surface area (Å²) in [7, 11) is 0. The van der Waals surface area contributed by atoms with Gasteiger partial charge in [-0.1, -0.05) is 38.1 Å². The lowest BCUT2D eigenvalue weighted by Crippen LogP contribution is -2.10. The molecule has 1 aromatic carbocycles. The quantitative estimate of drug-likeness (QED) is 0.805. The third kappa shape index (κ3) is 5.02. The van der Waals surface area contributed by atoms with Gasteiger partial charge < -0.3 is 10.6 Å². The molecule has 2 N–H and O–H groups in total. The van der Waals surface area contributed by atoms with E-state index in [0.717, 1.165) is 31.0 Å². The molecule has 2 rings (SSSR count). The molecular weight excluding hydrogens is 272 g/mol. The number of anilines is 2. The van der Waals surface area contributed by atoms with Gasteiger partial charge in [-0.05, 0) is 37.3 Å². The van der Waals surface area contributed by atoms with Gasteiger partial charge in [-0.3, -0.25) is 0 Å². The zero-order valence-electron chi connectivity index (χ0n) is 14.0. The summed E-state index contributed by atoms with van der Waals surface area (Å²) in [5.74, 6) is 2.24. The van der Waals surface area contributed by atoms with Gasteiger partial charge in [0.15, 0.2) is 0 Å². The van der Waals surface area contributed by atoms with Crippen LogP contribution in [0.2, 0.25) is 0 Å². The molecule has 0 unspecified atom stereocenters. The van der Waals surface area contributed by atoms with E-state index in [1.54, 1.807) is 0 Å². The average molecular weight is 298 g/mol. The van der Waals surface area contributed by atoms with Crippen LogP contribution in [0.15, 0.2) is 30.3 Å². The molecule has 2 aromatic rings. The Hall–Kier alpha value is -2.10. The fraction of sp³-hybridized carbons (Fsp3) is 0.444. The van der Waals surface area contributed by atoms with Gasteiger partial charge in [-0.2, -0.15) is 4.98 Å². The van der Waals surface area contributed by atoms with Crippen molar-refractivity contribution in [2.45, 2.75) is 40.7 Å². The number of aromatic nitrogens is 2. The molecule has 0 saturated carbocycles. The third-order valence-electron chi connectivity index (χ3n) is 3.58. The van der Waals surface area contributed by atoms with E-state index >= 15 is 0 Å². The number of rotatable bonds is 7. The highest BCUT2D eigenvalue weighted by atomic mass is 15.1. The lowest BCUT2D eigenvalue weighted by atomic mass is 10.1. The van der Waals surface area contributed by atoms with E-state index in [9.17, 15) is 0 Å². The Morgan fingerprint density at radius 1 is 1.05 bits per heavy atom. The van der Waals surface area contributed by atoms with Crippen LogP contribution in [-0.4, -0.2) is 16.5 Å². The highest BCUT2D eigenvalue weighted by Gasteiger charge is 2.03. The number of hydrogen-bond acceptors (Lipinski definition) is 4. The number of nitrogens with zero attached hydrogens (tertiary/aromatic N) is 2. The van der Waals surface area contributed by atoms with E-state index in [0.29, 0.717) is 11.9 Å². The van der Waals surface area contributed by atoms with Gasteiger partial charge in [0.25, 0.3) is 0 Å². The van der Waals surface area contributed by atoms with Crippen molar-refractivity contribution in [3.05, 3.63) is 47.2 Å². The van der Waals surface area contributed by atoms with Crippen LogP contribution in [-0.2, 0) is 6.54 Å². The SMILES string of the molecule is Cc1cc(NCc2ccccc2C)nc(NCCC(C)C)n1. The van der Waals surface area contributed by atoms with E-state index in [1.807, 2.05) is 13.0 Å². The lowest BCUT2D eigenvalue weighted by Gasteiger charge is -2.11. The Kier molecular flexibility index (Phi) is 5.75. The van der Waals surface area contributed by atoms with E-state index < -0.39 is 0 Å². The van der Waals surface area contributed by atoms with E-state index in [1.165, 1.54) is 11.1 Å². The first-order valence-electron chi connectivity index (χ1n) is 7.92. The molecule has 0 aliphatic heterocycles. The van der Waals surface area contributed by atoms with Crippen molar-refractivity contribution < 1.29 is 0 Å². The van der Waals surface area contributed by atoms with Gasteiger partial charge in [0, 0.05) is 24.8 Å². The largest absolute Gasteiger partial charge is 0.366 e. The highest BCUT2D eigenvalue weighted by Crippen LogP contribution is 2.13. The molecule has 4 nitrogen and oxygen atoms in total. The molecule has 0 fully saturated rings. The zero-order valence-corrected chi connectivity index (χ0v) is 14.0. The molecule has 4 heteroatoms. The smallest absolute Gasteiger partial charge is 0.224 e. The van der Waals surface area contributed by atoms with E-state index in [4.69, 9.17) is 0 Å². The van der Waals surface area contributed by atoms with E-state index in [2.05, 4.69) is 65.6 Å². The Bertz CT molecular complexity index is 608.